The molecule has 0 aliphatic rings. The molecule has 0 aromatic heterocycles. The molecule has 2 aromatic carbocycles. The number of nitro groups is 1. The molecule has 0 radical (unpaired) electrons. The van der Waals surface area contributed by atoms with E-state index in [1.54, 1.807) is 37.4 Å². The van der Waals surface area contributed by atoms with E-state index in [2.05, 4.69) is 0 Å². The molecule has 8 heteroatoms. The zero-order valence-electron chi connectivity index (χ0n) is 13.3. The maximum Gasteiger partial charge on any atom is 0.311 e. The van der Waals surface area contributed by atoms with E-state index in [0.717, 1.165) is 0 Å². The zero-order valence-corrected chi connectivity index (χ0v) is 14.1. The Morgan fingerprint density at radius 1 is 1.29 bits per heavy atom. The molecule has 1 amide bonds. The molecule has 0 aliphatic heterocycles. The number of amides is 1. The fraction of sp³-hybridized carbons (Fsp3) is 0.188. The van der Waals surface area contributed by atoms with E-state index in [0.29, 0.717) is 16.8 Å². The summed E-state index contributed by atoms with van der Waals surface area (Å²) < 4.78 is 4.96. The maximum absolute atomic E-state index is 12.4. The molecule has 0 fully saturated rings. The molecule has 0 atom stereocenters. The summed E-state index contributed by atoms with van der Waals surface area (Å²) in [6.07, 6.45) is 0. The van der Waals surface area contributed by atoms with Crippen LogP contribution in [0.15, 0.2) is 42.5 Å². The highest BCUT2D eigenvalue weighted by atomic mass is 35.5. The first-order valence-corrected chi connectivity index (χ1v) is 6.85. The topological polar surface area (TPSA) is 98.7 Å². The van der Waals surface area contributed by atoms with Crippen LogP contribution in [0.1, 0.15) is 15.9 Å². The molecule has 0 spiro atoms. The minimum atomic E-state index is -0.515. The summed E-state index contributed by atoms with van der Waals surface area (Å²) in [6.45, 7) is 0.220. The van der Waals surface area contributed by atoms with E-state index in [9.17, 15) is 14.9 Å². The number of methoxy groups -OCH3 is 1. The van der Waals surface area contributed by atoms with E-state index in [1.807, 2.05) is 0 Å². The van der Waals surface area contributed by atoms with Crippen molar-refractivity contribution in [3.05, 3.63) is 63.7 Å². The number of hydrogen-bond donors (Lipinski definition) is 1. The minimum absolute atomic E-state index is 0. The lowest BCUT2D eigenvalue weighted by atomic mass is 10.1. The lowest BCUT2D eigenvalue weighted by molar-refractivity contribution is -0.385. The Morgan fingerprint density at radius 3 is 2.54 bits per heavy atom. The highest BCUT2D eigenvalue weighted by Crippen LogP contribution is 2.28. The maximum atomic E-state index is 12.4. The van der Waals surface area contributed by atoms with Gasteiger partial charge in [-0.15, -0.1) is 12.4 Å². The summed E-state index contributed by atoms with van der Waals surface area (Å²) >= 11 is 0. The number of anilines is 1. The monoisotopic (exact) mass is 351 g/mol. The van der Waals surface area contributed by atoms with Crippen molar-refractivity contribution in [3.63, 3.8) is 0 Å². The standard InChI is InChI=1S/C16H17N3O4.ClH/c1-18(16(20)12-5-3-4-6-13(12)17)10-11-7-8-15(23-2)14(9-11)19(21)22;/h3-9H,10,17H2,1-2H3;1H. The molecule has 0 saturated carbocycles. The van der Waals surface area contributed by atoms with E-state index < -0.39 is 4.92 Å². The predicted octanol–water partition coefficient (Wildman–Crippen LogP) is 2.88. The fourth-order valence-corrected chi connectivity index (χ4v) is 2.22. The number of rotatable bonds is 5. The Labute approximate surface area is 145 Å². The van der Waals surface area contributed by atoms with Crippen LogP contribution in [0.25, 0.3) is 0 Å². The molecule has 0 heterocycles. The molecule has 0 bridgehead atoms. The number of nitrogens with two attached hydrogens (primary N) is 1. The van der Waals surface area contributed by atoms with Gasteiger partial charge in [-0.3, -0.25) is 14.9 Å². The Balaban J connectivity index is 0.00000288. The number of hydrogen-bond acceptors (Lipinski definition) is 5. The van der Waals surface area contributed by atoms with Gasteiger partial charge < -0.3 is 15.4 Å². The number of carbonyl (C=O) groups excluding carboxylic acids is 1. The molecular formula is C16H18ClN3O4. The average Bonchev–Trinajstić information content (AvgIpc) is 2.54. The molecule has 2 rings (SSSR count). The van der Waals surface area contributed by atoms with Crippen molar-refractivity contribution in [2.75, 3.05) is 19.9 Å². The first-order valence-electron chi connectivity index (χ1n) is 6.85. The molecule has 24 heavy (non-hydrogen) atoms. The van der Waals surface area contributed by atoms with Crippen LogP contribution in [0, 0.1) is 10.1 Å². The van der Waals surface area contributed by atoms with Crippen LogP contribution < -0.4 is 10.5 Å². The first-order chi connectivity index (χ1) is 10.9. The highest BCUT2D eigenvalue weighted by molar-refractivity contribution is 5.98. The van der Waals surface area contributed by atoms with Gasteiger partial charge in [-0.25, -0.2) is 0 Å². The number of carbonyl (C=O) groups is 1. The Morgan fingerprint density at radius 2 is 1.96 bits per heavy atom. The fourth-order valence-electron chi connectivity index (χ4n) is 2.22. The summed E-state index contributed by atoms with van der Waals surface area (Å²) in [4.78, 5) is 24.4. The van der Waals surface area contributed by atoms with Gasteiger partial charge in [0.2, 0.25) is 0 Å². The van der Waals surface area contributed by atoms with Gasteiger partial charge >= 0.3 is 5.69 Å². The zero-order chi connectivity index (χ0) is 17.0. The predicted molar refractivity (Wildman–Crippen MR) is 93.5 cm³/mol. The van der Waals surface area contributed by atoms with Crippen molar-refractivity contribution >= 4 is 29.7 Å². The van der Waals surface area contributed by atoms with E-state index >= 15 is 0 Å². The molecule has 0 saturated heterocycles. The van der Waals surface area contributed by atoms with Crippen molar-refractivity contribution in [1.82, 2.24) is 4.90 Å². The largest absolute Gasteiger partial charge is 0.490 e. The van der Waals surface area contributed by atoms with Crippen molar-refractivity contribution in [3.8, 4) is 5.75 Å². The Hall–Kier alpha value is -2.80. The summed E-state index contributed by atoms with van der Waals surface area (Å²) in [6, 6.07) is 11.4. The number of benzene rings is 2. The molecule has 0 aliphatic carbocycles. The van der Waals surface area contributed by atoms with Crippen LogP contribution in [0.3, 0.4) is 0 Å². The van der Waals surface area contributed by atoms with Crippen LogP contribution in [-0.2, 0) is 6.54 Å². The van der Waals surface area contributed by atoms with E-state index in [1.165, 1.54) is 24.1 Å². The molecule has 2 aromatic rings. The minimum Gasteiger partial charge on any atom is -0.490 e. The second-order valence-electron chi connectivity index (χ2n) is 5.01. The smallest absolute Gasteiger partial charge is 0.311 e. The van der Waals surface area contributed by atoms with Crippen LogP contribution in [0.2, 0.25) is 0 Å². The molecular weight excluding hydrogens is 334 g/mol. The number of nitrogens with zero attached hydrogens (tertiary/aromatic N) is 2. The lowest BCUT2D eigenvalue weighted by Crippen LogP contribution is -2.27. The summed E-state index contributed by atoms with van der Waals surface area (Å²) in [7, 11) is 2.99. The van der Waals surface area contributed by atoms with Gasteiger partial charge in [0, 0.05) is 25.3 Å². The second kappa shape index (κ2) is 8.16. The van der Waals surface area contributed by atoms with Gasteiger partial charge in [0.05, 0.1) is 17.6 Å². The van der Waals surface area contributed by atoms with Crippen LogP contribution in [-0.4, -0.2) is 29.9 Å². The van der Waals surface area contributed by atoms with Gasteiger partial charge in [0.15, 0.2) is 5.75 Å². The first kappa shape index (κ1) is 19.2. The summed E-state index contributed by atoms with van der Waals surface area (Å²) in [5.41, 5.74) is 7.09. The van der Waals surface area contributed by atoms with Gasteiger partial charge in [0.25, 0.3) is 5.91 Å². The molecule has 2 N–H and O–H groups in total. The third kappa shape index (κ3) is 4.14. The van der Waals surface area contributed by atoms with Gasteiger partial charge in [-0.05, 0) is 23.8 Å². The third-order valence-corrected chi connectivity index (χ3v) is 3.40. The van der Waals surface area contributed by atoms with Gasteiger partial charge in [-0.1, -0.05) is 18.2 Å². The van der Waals surface area contributed by atoms with Crippen molar-refractivity contribution in [1.29, 1.82) is 0 Å². The van der Waals surface area contributed by atoms with Crippen LogP contribution in [0.5, 0.6) is 5.75 Å². The second-order valence-corrected chi connectivity index (χ2v) is 5.01. The summed E-state index contributed by atoms with van der Waals surface area (Å²) in [5, 5.41) is 11.0. The molecule has 7 nitrogen and oxygen atoms in total. The van der Waals surface area contributed by atoms with Crippen LogP contribution >= 0.6 is 12.4 Å². The number of nitrogen functional groups attached to an aromatic ring is 1. The quantitative estimate of drug-likeness (QED) is 0.507. The van der Waals surface area contributed by atoms with Crippen LogP contribution in [0.4, 0.5) is 11.4 Å². The summed E-state index contributed by atoms with van der Waals surface area (Å²) in [5.74, 6) is -0.0680. The number of halogens is 1. The molecule has 0 unspecified atom stereocenters. The third-order valence-electron chi connectivity index (χ3n) is 3.40. The average molecular weight is 352 g/mol. The number of para-hydroxylation sites is 1. The lowest BCUT2D eigenvalue weighted by Gasteiger charge is -2.18. The number of nitro benzene ring substituents is 1. The van der Waals surface area contributed by atoms with Crippen molar-refractivity contribution in [2.24, 2.45) is 0 Å². The SMILES string of the molecule is COc1ccc(CN(C)C(=O)c2ccccc2N)cc1[N+](=O)[O-].Cl. The van der Waals surface area contributed by atoms with Gasteiger partial charge in [0.1, 0.15) is 0 Å². The van der Waals surface area contributed by atoms with Crippen molar-refractivity contribution < 1.29 is 14.5 Å². The van der Waals surface area contributed by atoms with Gasteiger partial charge in [-0.2, -0.15) is 0 Å². The molecule has 128 valence electrons. The highest BCUT2D eigenvalue weighted by Gasteiger charge is 2.18. The van der Waals surface area contributed by atoms with E-state index in [-0.39, 0.29) is 36.3 Å². The normalized spacial score (nSPS) is 9.75. The van der Waals surface area contributed by atoms with E-state index in [4.69, 9.17) is 10.5 Å². The number of ether oxygens (including phenoxy) is 1. The Bertz CT molecular complexity index is 752. The Kier molecular flexibility index (Phi) is 6.55. The van der Waals surface area contributed by atoms with Crippen molar-refractivity contribution in [2.45, 2.75) is 6.54 Å².